The number of rotatable bonds is 5. The predicted molar refractivity (Wildman–Crippen MR) is 97.7 cm³/mol. The number of carbonyl (C=O) groups is 1. The van der Waals surface area contributed by atoms with Crippen molar-refractivity contribution in [2.75, 3.05) is 25.1 Å². The number of ether oxygens (including phenoxy) is 1. The van der Waals surface area contributed by atoms with Gasteiger partial charge in [-0.25, -0.2) is 0 Å². The minimum atomic E-state index is 0. The van der Waals surface area contributed by atoms with E-state index in [1.807, 2.05) is 0 Å². The summed E-state index contributed by atoms with van der Waals surface area (Å²) in [5, 5.41) is 6.48. The quantitative estimate of drug-likeness (QED) is 0.859. The van der Waals surface area contributed by atoms with Gasteiger partial charge in [-0.3, -0.25) is 4.79 Å². The summed E-state index contributed by atoms with van der Waals surface area (Å²) in [6.45, 7) is 10.8. The van der Waals surface area contributed by atoms with Crippen LogP contribution >= 0.6 is 12.4 Å². The summed E-state index contributed by atoms with van der Waals surface area (Å²) >= 11 is 0. The highest BCUT2D eigenvalue weighted by atomic mass is 35.5. The molecule has 1 aliphatic rings. The third-order valence-electron chi connectivity index (χ3n) is 4.07. The highest BCUT2D eigenvalue weighted by molar-refractivity contribution is 5.93. The van der Waals surface area contributed by atoms with Gasteiger partial charge in [-0.15, -0.1) is 12.4 Å². The zero-order valence-electron chi connectivity index (χ0n) is 14.5. The Hall–Kier alpha value is -1.10. The van der Waals surface area contributed by atoms with Crippen LogP contribution in [0.3, 0.4) is 0 Å². The zero-order valence-corrected chi connectivity index (χ0v) is 15.3. The number of para-hydroxylation sites is 1. The lowest BCUT2D eigenvalue weighted by molar-refractivity contribution is -0.117. The van der Waals surface area contributed by atoms with Gasteiger partial charge in [0.2, 0.25) is 5.91 Å². The summed E-state index contributed by atoms with van der Waals surface area (Å²) in [6, 6.07) is 6.40. The first kappa shape index (κ1) is 19.9. The fourth-order valence-corrected chi connectivity index (χ4v) is 2.86. The third-order valence-corrected chi connectivity index (χ3v) is 4.07. The molecule has 0 saturated carbocycles. The zero-order chi connectivity index (χ0) is 16.1. The fourth-order valence-electron chi connectivity index (χ4n) is 2.86. The van der Waals surface area contributed by atoms with Crippen molar-refractivity contribution in [2.24, 2.45) is 0 Å². The molecule has 23 heavy (non-hydrogen) atoms. The molecule has 1 aliphatic heterocycles. The second-order valence-electron chi connectivity index (χ2n) is 6.60. The molecule has 2 rings (SSSR count). The van der Waals surface area contributed by atoms with Gasteiger partial charge in [0, 0.05) is 24.7 Å². The van der Waals surface area contributed by atoms with Crippen LogP contribution in [0.5, 0.6) is 0 Å². The van der Waals surface area contributed by atoms with Crippen LogP contribution in [0, 0.1) is 0 Å². The average molecular weight is 341 g/mol. The summed E-state index contributed by atoms with van der Waals surface area (Å²) in [7, 11) is 0. The number of nitrogens with one attached hydrogen (secondary N) is 2. The predicted octanol–water partition coefficient (Wildman–Crippen LogP) is 3.67. The first-order chi connectivity index (χ1) is 10.5. The van der Waals surface area contributed by atoms with E-state index in [0.29, 0.717) is 24.9 Å². The van der Waals surface area contributed by atoms with Crippen LogP contribution in [0.4, 0.5) is 5.69 Å². The van der Waals surface area contributed by atoms with Crippen molar-refractivity contribution < 1.29 is 9.53 Å². The van der Waals surface area contributed by atoms with Crippen LogP contribution in [-0.2, 0) is 9.53 Å². The van der Waals surface area contributed by atoms with Crippen molar-refractivity contribution in [3.05, 3.63) is 29.3 Å². The summed E-state index contributed by atoms with van der Waals surface area (Å²) in [5.74, 6) is 0.813. The Bertz CT molecular complexity index is 485. The molecule has 1 atom stereocenters. The van der Waals surface area contributed by atoms with Crippen molar-refractivity contribution in [1.82, 2.24) is 5.32 Å². The summed E-state index contributed by atoms with van der Waals surface area (Å²) in [6.07, 6.45) is 0.448. The molecular weight excluding hydrogens is 312 g/mol. The first-order valence-corrected chi connectivity index (χ1v) is 8.22. The van der Waals surface area contributed by atoms with E-state index in [4.69, 9.17) is 4.74 Å². The maximum absolute atomic E-state index is 12.4. The van der Waals surface area contributed by atoms with Crippen LogP contribution < -0.4 is 10.6 Å². The molecule has 1 fully saturated rings. The molecule has 1 aromatic rings. The van der Waals surface area contributed by atoms with Gasteiger partial charge in [0.25, 0.3) is 0 Å². The van der Waals surface area contributed by atoms with Crippen LogP contribution in [0.15, 0.2) is 18.2 Å². The number of hydrogen-bond acceptors (Lipinski definition) is 3. The second-order valence-corrected chi connectivity index (χ2v) is 6.60. The first-order valence-electron chi connectivity index (χ1n) is 8.22. The highest BCUT2D eigenvalue weighted by Crippen LogP contribution is 2.32. The third kappa shape index (κ3) is 5.48. The Morgan fingerprint density at radius 3 is 2.35 bits per heavy atom. The van der Waals surface area contributed by atoms with Crippen molar-refractivity contribution in [3.8, 4) is 0 Å². The van der Waals surface area contributed by atoms with Gasteiger partial charge >= 0.3 is 0 Å². The van der Waals surface area contributed by atoms with Gasteiger partial charge in [0.15, 0.2) is 0 Å². The lowest BCUT2D eigenvalue weighted by Gasteiger charge is -2.24. The van der Waals surface area contributed by atoms with E-state index in [9.17, 15) is 4.79 Å². The number of anilines is 1. The van der Waals surface area contributed by atoms with Gasteiger partial charge in [0.05, 0.1) is 13.2 Å². The summed E-state index contributed by atoms with van der Waals surface area (Å²) in [5.41, 5.74) is 3.40. The van der Waals surface area contributed by atoms with Gasteiger partial charge < -0.3 is 15.4 Å². The Labute approximate surface area is 145 Å². The smallest absolute Gasteiger partial charge is 0.226 e. The normalized spacial score (nSPS) is 17.9. The molecule has 1 unspecified atom stereocenters. The van der Waals surface area contributed by atoms with E-state index < -0.39 is 0 Å². The van der Waals surface area contributed by atoms with E-state index in [1.165, 1.54) is 11.1 Å². The molecule has 5 heteroatoms. The molecule has 2 N–H and O–H groups in total. The lowest BCUT2D eigenvalue weighted by Crippen LogP contribution is -2.43. The van der Waals surface area contributed by atoms with Crippen molar-refractivity contribution >= 4 is 24.0 Å². The van der Waals surface area contributed by atoms with E-state index >= 15 is 0 Å². The topological polar surface area (TPSA) is 50.4 Å². The molecule has 1 saturated heterocycles. The number of amides is 1. The van der Waals surface area contributed by atoms with E-state index in [0.717, 1.165) is 18.8 Å². The number of hydrogen-bond donors (Lipinski definition) is 2. The Morgan fingerprint density at radius 2 is 1.87 bits per heavy atom. The van der Waals surface area contributed by atoms with Gasteiger partial charge in [-0.1, -0.05) is 45.9 Å². The Kier molecular flexibility index (Phi) is 8.03. The largest absolute Gasteiger partial charge is 0.378 e. The Morgan fingerprint density at radius 1 is 1.26 bits per heavy atom. The molecule has 130 valence electrons. The highest BCUT2D eigenvalue weighted by Gasteiger charge is 2.20. The number of morpholine rings is 1. The van der Waals surface area contributed by atoms with Gasteiger partial charge in [-0.05, 0) is 23.0 Å². The van der Waals surface area contributed by atoms with E-state index in [-0.39, 0.29) is 24.4 Å². The number of halogens is 1. The average Bonchev–Trinajstić information content (AvgIpc) is 2.47. The van der Waals surface area contributed by atoms with E-state index in [1.54, 1.807) is 0 Å². The van der Waals surface area contributed by atoms with Crippen LogP contribution in [0.1, 0.15) is 57.1 Å². The monoisotopic (exact) mass is 340 g/mol. The molecule has 1 heterocycles. The standard InChI is InChI=1S/C18H28N2O2.ClH/c1-12(2)15-6-5-7-16(13(3)4)18(15)20-17(21)10-14-11-22-9-8-19-14;/h5-7,12-14,19H,8-11H2,1-4H3,(H,20,21);1H. The minimum Gasteiger partial charge on any atom is -0.378 e. The molecule has 0 radical (unpaired) electrons. The molecule has 0 bridgehead atoms. The van der Waals surface area contributed by atoms with E-state index in [2.05, 4.69) is 56.5 Å². The molecule has 4 nitrogen and oxygen atoms in total. The molecule has 0 aliphatic carbocycles. The van der Waals surface area contributed by atoms with Crippen molar-refractivity contribution in [1.29, 1.82) is 0 Å². The van der Waals surface area contributed by atoms with Gasteiger partial charge in [-0.2, -0.15) is 0 Å². The van der Waals surface area contributed by atoms with Crippen molar-refractivity contribution in [3.63, 3.8) is 0 Å². The number of benzene rings is 1. The summed E-state index contributed by atoms with van der Waals surface area (Å²) in [4.78, 5) is 12.4. The fraction of sp³-hybridized carbons (Fsp3) is 0.611. The maximum atomic E-state index is 12.4. The Balaban J connectivity index is 0.00000264. The van der Waals surface area contributed by atoms with Crippen LogP contribution in [0.2, 0.25) is 0 Å². The minimum absolute atomic E-state index is 0. The SMILES string of the molecule is CC(C)c1cccc(C(C)C)c1NC(=O)CC1COCCN1.Cl. The van der Waals surface area contributed by atoms with Gasteiger partial charge in [0.1, 0.15) is 0 Å². The molecule has 0 aromatic heterocycles. The van der Waals surface area contributed by atoms with Crippen LogP contribution in [-0.4, -0.2) is 31.7 Å². The molecule has 1 aromatic carbocycles. The lowest BCUT2D eigenvalue weighted by atomic mass is 9.92. The molecule has 1 amide bonds. The molecular formula is C18H29ClN2O2. The number of carbonyl (C=O) groups excluding carboxylic acids is 1. The maximum Gasteiger partial charge on any atom is 0.226 e. The summed E-state index contributed by atoms with van der Waals surface area (Å²) < 4.78 is 5.41. The van der Waals surface area contributed by atoms with Crippen LogP contribution in [0.25, 0.3) is 0 Å². The van der Waals surface area contributed by atoms with Crippen molar-refractivity contribution in [2.45, 2.75) is 52.0 Å². The molecule has 0 spiro atoms. The second kappa shape index (κ2) is 9.26.